The number of esters is 1. The van der Waals surface area contributed by atoms with E-state index >= 15 is 0 Å². The number of nitrogens with zero attached hydrogens (tertiary/aromatic N) is 2. The summed E-state index contributed by atoms with van der Waals surface area (Å²) in [6, 6.07) is 27.3. The zero-order chi connectivity index (χ0) is 42.1. The van der Waals surface area contributed by atoms with Crippen molar-refractivity contribution >= 4 is 53.7 Å². The van der Waals surface area contributed by atoms with Crippen molar-refractivity contribution in [1.82, 2.24) is 20.5 Å². The number of hydrogen-bond donors (Lipinski definition) is 2. The van der Waals surface area contributed by atoms with Gasteiger partial charge in [-0.25, -0.2) is 4.98 Å². The minimum Gasteiger partial charge on any atom is -0.461 e. The van der Waals surface area contributed by atoms with E-state index in [2.05, 4.69) is 84.9 Å². The van der Waals surface area contributed by atoms with E-state index in [1.807, 2.05) is 69.6 Å². The SMILES string of the molecule is CC(=O)OC1CC(C(=O)NCc2ccc(-c3scnc3C)cc2)N(C(=O)C(NC(=O)CCCCCO[Si](c2ccccc2)(c2ccccc2)C(C)(C)C)C(C)(C)C)C1. The zero-order valence-electron chi connectivity index (χ0n) is 35.3. The molecule has 0 spiro atoms. The van der Waals surface area contributed by atoms with Crippen molar-refractivity contribution < 1.29 is 28.3 Å². The van der Waals surface area contributed by atoms with Gasteiger partial charge in [-0.05, 0) is 51.7 Å². The highest BCUT2D eigenvalue weighted by molar-refractivity contribution is 7.13. The molecule has 1 aromatic heterocycles. The van der Waals surface area contributed by atoms with Gasteiger partial charge in [-0.1, -0.05) is 133 Å². The Balaban J connectivity index is 1.18. The van der Waals surface area contributed by atoms with Crippen LogP contribution in [0.2, 0.25) is 5.04 Å². The van der Waals surface area contributed by atoms with E-state index < -0.39 is 37.9 Å². The third kappa shape index (κ3) is 10.9. The van der Waals surface area contributed by atoms with Gasteiger partial charge < -0.3 is 24.7 Å². The van der Waals surface area contributed by atoms with Crippen molar-refractivity contribution in [3.63, 3.8) is 0 Å². The fraction of sp³-hybridized carbons (Fsp3) is 0.457. The van der Waals surface area contributed by atoms with Crippen LogP contribution < -0.4 is 21.0 Å². The monoisotopic (exact) mass is 824 g/mol. The second-order valence-electron chi connectivity index (χ2n) is 17.3. The van der Waals surface area contributed by atoms with Crippen molar-refractivity contribution in [2.24, 2.45) is 5.41 Å². The first-order valence-corrected chi connectivity index (χ1v) is 23.1. The Hall–Kier alpha value is -4.65. The molecule has 5 rings (SSSR count). The number of aromatic nitrogens is 1. The van der Waals surface area contributed by atoms with Crippen molar-refractivity contribution in [2.75, 3.05) is 13.2 Å². The van der Waals surface area contributed by atoms with Crippen LogP contribution in [0.5, 0.6) is 0 Å². The summed E-state index contributed by atoms with van der Waals surface area (Å²) in [7, 11) is -2.64. The number of aryl methyl sites for hydroxylation is 1. The Bertz CT molecular complexity index is 1950. The Morgan fingerprint density at radius 2 is 1.50 bits per heavy atom. The van der Waals surface area contributed by atoms with Crippen LogP contribution in [-0.2, 0) is 34.9 Å². The molecule has 58 heavy (non-hydrogen) atoms. The predicted octanol–water partition coefficient (Wildman–Crippen LogP) is 6.94. The smallest absolute Gasteiger partial charge is 0.302 e. The normalized spacial score (nSPS) is 16.4. The molecule has 4 aromatic rings. The Morgan fingerprint density at radius 3 is 2.03 bits per heavy atom. The van der Waals surface area contributed by atoms with Gasteiger partial charge in [-0.2, -0.15) is 0 Å². The van der Waals surface area contributed by atoms with Crippen molar-refractivity contribution in [2.45, 2.75) is 117 Å². The van der Waals surface area contributed by atoms with Crippen molar-refractivity contribution in [1.29, 1.82) is 0 Å². The van der Waals surface area contributed by atoms with E-state index in [-0.39, 0.29) is 48.7 Å². The summed E-state index contributed by atoms with van der Waals surface area (Å²) in [6.45, 7) is 16.6. The standard InChI is InChI=1S/C46H60N4O6SSi/c1-32-41(57-31-48-32)35-25-23-34(24-26-35)29-47-43(53)39-28-36(56-33(2)51)30-50(39)44(54)42(45(3,4)5)49-40(52)22-16-11-17-27-55-58(46(6,7)8,37-18-12-9-13-19-37)38-20-14-10-15-21-38/h9-10,12-15,18-21,23-26,31,36,39,42H,11,16-17,22,27-30H2,1-8H3,(H,47,53)(H,49,52). The lowest BCUT2D eigenvalue weighted by Gasteiger charge is -2.43. The highest BCUT2D eigenvalue weighted by atomic mass is 32.1. The molecule has 310 valence electrons. The van der Waals surface area contributed by atoms with Gasteiger partial charge in [0.25, 0.3) is 8.32 Å². The number of amides is 3. The summed E-state index contributed by atoms with van der Waals surface area (Å²) < 4.78 is 12.5. The lowest BCUT2D eigenvalue weighted by Crippen LogP contribution is -2.66. The number of carbonyl (C=O) groups excluding carboxylic acids is 4. The van der Waals surface area contributed by atoms with Gasteiger partial charge in [-0.15, -0.1) is 11.3 Å². The summed E-state index contributed by atoms with van der Waals surface area (Å²) in [4.78, 5) is 60.3. The van der Waals surface area contributed by atoms with Crippen LogP contribution in [0.3, 0.4) is 0 Å². The molecule has 12 heteroatoms. The number of nitrogens with one attached hydrogen (secondary N) is 2. The molecule has 3 atom stereocenters. The van der Waals surface area contributed by atoms with Crippen molar-refractivity contribution in [3.05, 3.63) is 102 Å². The minimum atomic E-state index is -2.64. The first kappa shape index (κ1) is 44.4. The fourth-order valence-electron chi connectivity index (χ4n) is 7.87. The molecular formula is C46H60N4O6SSi. The molecule has 1 aliphatic rings. The molecule has 3 unspecified atom stereocenters. The minimum absolute atomic E-state index is 0.0627. The summed E-state index contributed by atoms with van der Waals surface area (Å²) in [5.74, 6) is -1.43. The number of unbranched alkanes of at least 4 members (excludes halogenated alkanes) is 2. The average molecular weight is 825 g/mol. The van der Waals surface area contributed by atoms with Crippen molar-refractivity contribution in [3.8, 4) is 10.4 Å². The lowest BCUT2D eigenvalue weighted by molar-refractivity contribution is -0.147. The number of likely N-dealkylation sites (tertiary alicyclic amines) is 1. The zero-order valence-corrected chi connectivity index (χ0v) is 37.1. The van der Waals surface area contributed by atoms with Crippen LogP contribution in [0.15, 0.2) is 90.4 Å². The molecular weight excluding hydrogens is 765 g/mol. The van der Waals surface area contributed by atoms with Crippen LogP contribution in [0.25, 0.3) is 10.4 Å². The summed E-state index contributed by atoms with van der Waals surface area (Å²) >= 11 is 1.58. The third-order valence-corrected chi connectivity index (χ3v) is 16.8. The number of benzene rings is 3. The van der Waals surface area contributed by atoms with E-state index in [9.17, 15) is 19.2 Å². The van der Waals surface area contributed by atoms with Crippen LogP contribution >= 0.6 is 11.3 Å². The molecule has 1 saturated heterocycles. The molecule has 2 heterocycles. The van der Waals surface area contributed by atoms with Crippen LogP contribution in [0, 0.1) is 12.3 Å². The second-order valence-corrected chi connectivity index (χ2v) is 22.5. The van der Waals surface area contributed by atoms with Crippen LogP contribution in [0.4, 0.5) is 0 Å². The van der Waals surface area contributed by atoms with Gasteiger partial charge in [0.05, 0.1) is 22.6 Å². The van der Waals surface area contributed by atoms with Gasteiger partial charge >= 0.3 is 5.97 Å². The van der Waals surface area contributed by atoms with Crippen LogP contribution in [0.1, 0.15) is 91.8 Å². The van der Waals surface area contributed by atoms with E-state index in [4.69, 9.17) is 9.16 Å². The molecule has 3 aromatic carbocycles. The maximum atomic E-state index is 14.3. The molecule has 0 bridgehead atoms. The van der Waals surface area contributed by atoms with E-state index in [1.165, 1.54) is 22.2 Å². The molecule has 0 saturated carbocycles. The number of thiazole rings is 1. The van der Waals surface area contributed by atoms with Gasteiger partial charge in [0, 0.05) is 32.9 Å². The van der Waals surface area contributed by atoms with Crippen LogP contribution in [-0.4, -0.2) is 73.2 Å². The maximum Gasteiger partial charge on any atom is 0.302 e. The maximum absolute atomic E-state index is 14.3. The molecule has 10 nitrogen and oxygen atoms in total. The highest BCUT2D eigenvalue weighted by Crippen LogP contribution is 2.37. The first-order valence-electron chi connectivity index (χ1n) is 20.3. The van der Waals surface area contributed by atoms with E-state index in [1.54, 1.807) is 11.3 Å². The van der Waals surface area contributed by atoms with E-state index in [0.717, 1.165) is 34.5 Å². The molecule has 0 radical (unpaired) electrons. The molecule has 0 aliphatic carbocycles. The Labute approximate surface area is 349 Å². The molecule has 1 fully saturated rings. The summed E-state index contributed by atoms with van der Waals surface area (Å²) in [5, 5.41) is 8.34. The van der Waals surface area contributed by atoms with Gasteiger partial charge in [-0.3, -0.25) is 19.2 Å². The Kier molecular flexibility index (Phi) is 14.9. The highest BCUT2D eigenvalue weighted by Gasteiger charge is 2.50. The second kappa shape index (κ2) is 19.4. The molecule has 1 aliphatic heterocycles. The molecule has 3 amide bonds. The third-order valence-electron chi connectivity index (χ3n) is 10.8. The van der Waals surface area contributed by atoms with Gasteiger partial charge in [0.1, 0.15) is 18.2 Å². The first-order chi connectivity index (χ1) is 27.5. The largest absolute Gasteiger partial charge is 0.461 e. The molecule has 2 N–H and O–H groups in total. The average Bonchev–Trinajstić information content (AvgIpc) is 3.81. The van der Waals surface area contributed by atoms with Gasteiger partial charge in [0.15, 0.2) is 0 Å². The summed E-state index contributed by atoms with van der Waals surface area (Å²) in [5.41, 5.74) is 4.09. The predicted molar refractivity (Wildman–Crippen MR) is 233 cm³/mol. The number of rotatable bonds is 16. The Morgan fingerprint density at radius 1 is 0.879 bits per heavy atom. The topological polar surface area (TPSA) is 127 Å². The lowest BCUT2D eigenvalue weighted by atomic mass is 9.85. The number of carbonyl (C=O) groups is 4. The summed E-state index contributed by atoms with van der Waals surface area (Å²) in [6.07, 6.45) is 1.99. The van der Waals surface area contributed by atoms with E-state index in [0.29, 0.717) is 13.0 Å². The number of ether oxygens (including phenoxy) is 1. The number of hydrogen-bond acceptors (Lipinski definition) is 8. The quantitative estimate of drug-likeness (QED) is 0.0713. The van der Waals surface area contributed by atoms with Gasteiger partial charge in [0.2, 0.25) is 17.7 Å². The fourth-order valence-corrected chi connectivity index (χ4v) is 13.3.